The smallest absolute Gasteiger partial charge is 0.430 e. The lowest BCUT2D eigenvalue weighted by Gasteiger charge is -2.21. The highest BCUT2D eigenvalue weighted by Gasteiger charge is 2.28. The fourth-order valence-corrected chi connectivity index (χ4v) is 2.02. The van der Waals surface area contributed by atoms with Crippen molar-refractivity contribution in [1.29, 1.82) is 0 Å². The third-order valence-corrected chi connectivity index (χ3v) is 3.10. The molecule has 2 aromatic rings. The van der Waals surface area contributed by atoms with Crippen LogP contribution >= 0.6 is 0 Å². The van der Waals surface area contributed by atoms with Gasteiger partial charge in [0, 0.05) is 11.1 Å². The van der Waals surface area contributed by atoms with Gasteiger partial charge >= 0.3 is 6.09 Å². The maximum Gasteiger partial charge on any atom is 0.460 e. The lowest BCUT2D eigenvalue weighted by atomic mass is 10.00. The van der Waals surface area contributed by atoms with E-state index < -0.39 is 12.2 Å². The molecule has 2 rings (SSSR count). The van der Waals surface area contributed by atoms with Gasteiger partial charge in [0.25, 0.3) is 0 Å². The van der Waals surface area contributed by atoms with E-state index in [4.69, 9.17) is 14.4 Å². The SMILES string of the molecule is CON(OC)C(=O)OC(C(=O)c1ccccc1)c1ccccc1. The van der Waals surface area contributed by atoms with Gasteiger partial charge in [-0.25, -0.2) is 14.5 Å². The van der Waals surface area contributed by atoms with Gasteiger partial charge in [-0.05, 0) is 5.23 Å². The molecule has 1 amide bonds. The summed E-state index contributed by atoms with van der Waals surface area (Å²) in [6.07, 6.45) is -2.02. The number of hydrogen-bond acceptors (Lipinski definition) is 5. The summed E-state index contributed by atoms with van der Waals surface area (Å²) in [5.41, 5.74) is 0.998. The summed E-state index contributed by atoms with van der Waals surface area (Å²) in [7, 11) is 2.50. The van der Waals surface area contributed by atoms with Crippen molar-refractivity contribution in [3.8, 4) is 0 Å². The number of benzene rings is 2. The zero-order valence-corrected chi connectivity index (χ0v) is 12.8. The zero-order valence-electron chi connectivity index (χ0n) is 12.8. The van der Waals surface area contributed by atoms with Crippen LogP contribution in [0.1, 0.15) is 22.0 Å². The van der Waals surface area contributed by atoms with Crippen LogP contribution in [0.4, 0.5) is 4.79 Å². The molecule has 0 N–H and O–H groups in total. The van der Waals surface area contributed by atoms with Crippen molar-refractivity contribution in [1.82, 2.24) is 5.23 Å². The lowest BCUT2D eigenvalue weighted by molar-refractivity contribution is -0.310. The molecule has 1 atom stereocenters. The highest BCUT2D eigenvalue weighted by Crippen LogP contribution is 2.23. The van der Waals surface area contributed by atoms with Crippen LogP contribution in [0.3, 0.4) is 0 Å². The Kier molecular flexibility index (Phi) is 5.85. The normalized spacial score (nSPS) is 11.6. The Morgan fingerprint density at radius 3 is 1.91 bits per heavy atom. The number of hydrogen-bond donors (Lipinski definition) is 0. The van der Waals surface area contributed by atoms with E-state index in [9.17, 15) is 9.59 Å². The minimum Gasteiger partial charge on any atom is -0.430 e. The van der Waals surface area contributed by atoms with Crippen LogP contribution < -0.4 is 0 Å². The quantitative estimate of drug-likeness (QED) is 0.605. The van der Waals surface area contributed by atoms with Crippen LogP contribution in [-0.2, 0) is 14.4 Å². The van der Waals surface area contributed by atoms with Crippen molar-refractivity contribution in [2.24, 2.45) is 0 Å². The number of ether oxygens (including phenoxy) is 1. The van der Waals surface area contributed by atoms with E-state index in [1.54, 1.807) is 54.6 Å². The Morgan fingerprint density at radius 2 is 1.39 bits per heavy atom. The number of nitrogens with zero attached hydrogens (tertiary/aromatic N) is 1. The highest BCUT2D eigenvalue weighted by molar-refractivity contribution is 6.00. The Morgan fingerprint density at radius 1 is 0.870 bits per heavy atom. The standard InChI is InChI=1S/C17H17NO5/c1-21-18(22-2)17(20)23-16(14-11-7-4-8-12-14)15(19)13-9-5-3-6-10-13/h3-12,16H,1-2H3. The van der Waals surface area contributed by atoms with Crippen molar-refractivity contribution in [3.63, 3.8) is 0 Å². The Balaban J connectivity index is 2.30. The fourth-order valence-electron chi connectivity index (χ4n) is 2.02. The summed E-state index contributed by atoms with van der Waals surface area (Å²) in [6.45, 7) is 0. The molecule has 0 aliphatic rings. The second-order valence-corrected chi connectivity index (χ2v) is 4.53. The van der Waals surface area contributed by atoms with E-state index in [1.807, 2.05) is 6.07 Å². The van der Waals surface area contributed by atoms with Crippen LogP contribution in [0, 0.1) is 0 Å². The number of carbonyl (C=O) groups is 2. The third kappa shape index (κ3) is 4.15. The van der Waals surface area contributed by atoms with Gasteiger partial charge in [-0.2, -0.15) is 0 Å². The maximum absolute atomic E-state index is 12.7. The molecule has 23 heavy (non-hydrogen) atoms. The van der Waals surface area contributed by atoms with E-state index in [1.165, 1.54) is 14.2 Å². The number of ketones is 1. The van der Waals surface area contributed by atoms with Crippen molar-refractivity contribution >= 4 is 11.9 Å². The molecule has 1 unspecified atom stereocenters. The third-order valence-electron chi connectivity index (χ3n) is 3.10. The molecule has 0 aromatic heterocycles. The average Bonchev–Trinajstić information content (AvgIpc) is 2.61. The second kappa shape index (κ2) is 8.07. The lowest BCUT2D eigenvalue weighted by Crippen LogP contribution is -2.32. The van der Waals surface area contributed by atoms with Crippen molar-refractivity contribution in [2.75, 3.05) is 14.2 Å². The molecule has 0 aliphatic carbocycles. The number of hydroxylamine groups is 2. The number of amides is 1. The summed E-state index contributed by atoms with van der Waals surface area (Å²) in [5, 5.41) is 0.550. The Labute approximate surface area is 134 Å². The zero-order chi connectivity index (χ0) is 16.7. The first-order valence-electron chi connectivity index (χ1n) is 6.90. The summed E-state index contributed by atoms with van der Waals surface area (Å²) < 4.78 is 5.28. The molecule has 6 heteroatoms. The summed E-state index contributed by atoms with van der Waals surface area (Å²) >= 11 is 0. The molecular weight excluding hydrogens is 298 g/mol. The second-order valence-electron chi connectivity index (χ2n) is 4.53. The van der Waals surface area contributed by atoms with Crippen LogP contribution in [-0.4, -0.2) is 31.3 Å². The number of carbonyl (C=O) groups excluding carboxylic acids is 2. The topological polar surface area (TPSA) is 65.1 Å². The summed E-state index contributed by atoms with van der Waals surface area (Å²) in [5.74, 6) is -0.336. The van der Waals surface area contributed by atoms with Crippen LogP contribution in [0.5, 0.6) is 0 Å². The summed E-state index contributed by atoms with van der Waals surface area (Å²) in [6, 6.07) is 17.4. The predicted octanol–water partition coefficient (Wildman–Crippen LogP) is 3.17. The summed E-state index contributed by atoms with van der Waals surface area (Å²) in [4.78, 5) is 34.1. The molecular formula is C17H17NO5. The largest absolute Gasteiger partial charge is 0.460 e. The first kappa shape index (κ1) is 16.7. The van der Waals surface area contributed by atoms with Gasteiger partial charge in [-0.3, -0.25) is 4.79 Å². The molecule has 0 bridgehead atoms. The maximum atomic E-state index is 12.7. The van der Waals surface area contributed by atoms with Gasteiger partial charge in [0.15, 0.2) is 6.10 Å². The predicted molar refractivity (Wildman–Crippen MR) is 82.3 cm³/mol. The van der Waals surface area contributed by atoms with Gasteiger partial charge in [-0.1, -0.05) is 60.7 Å². The van der Waals surface area contributed by atoms with E-state index >= 15 is 0 Å². The van der Waals surface area contributed by atoms with Crippen LogP contribution in [0.15, 0.2) is 60.7 Å². The van der Waals surface area contributed by atoms with Gasteiger partial charge in [-0.15, -0.1) is 0 Å². The van der Waals surface area contributed by atoms with Gasteiger partial charge in [0.1, 0.15) is 0 Å². The van der Waals surface area contributed by atoms with Crippen molar-refractivity contribution < 1.29 is 24.0 Å². The van der Waals surface area contributed by atoms with Gasteiger partial charge in [0.2, 0.25) is 5.78 Å². The Bertz CT molecular complexity index is 641. The van der Waals surface area contributed by atoms with Crippen LogP contribution in [0.2, 0.25) is 0 Å². The highest BCUT2D eigenvalue weighted by atomic mass is 17.0. The molecule has 2 aromatic carbocycles. The molecule has 0 radical (unpaired) electrons. The van der Waals surface area contributed by atoms with Gasteiger partial charge < -0.3 is 4.74 Å². The minimum absolute atomic E-state index is 0.336. The number of rotatable bonds is 6. The number of Topliss-reactive ketones (excluding diaryl/α,β-unsaturated/α-hetero) is 1. The van der Waals surface area contributed by atoms with Crippen LogP contribution in [0.25, 0.3) is 0 Å². The van der Waals surface area contributed by atoms with E-state index in [2.05, 4.69) is 0 Å². The van der Waals surface area contributed by atoms with E-state index in [0.717, 1.165) is 0 Å². The van der Waals surface area contributed by atoms with Crippen molar-refractivity contribution in [2.45, 2.75) is 6.10 Å². The molecule has 0 saturated heterocycles. The van der Waals surface area contributed by atoms with E-state index in [-0.39, 0.29) is 5.78 Å². The Hall–Kier alpha value is -2.70. The molecule has 6 nitrogen and oxygen atoms in total. The van der Waals surface area contributed by atoms with E-state index in [0.29, 0.717) is 16.4 Å². The monoisotopic (exact) mass is 315 g/mol. The molecule has 0 heterocycles. The molecule has 0 spiro atoms. The fraction of sp³-hybridized carbons (Fsp3) is 0.176. The molecule has 0 aliphatic heterocycles. The minimum atomic E-state index is -1.10. The first-order chi connectivity index (χ1) is 11.2. The molecule has 120 valence electrons. The van der Waals surface area contributed by atoms with Gasteiger partial charge in [0.05, 0.1) is 14.2 Å². The molecule has 0 fully saturated rings. The molecule has 0 saturated carbocycles. The van der Waals surface area contributed by atoms with Crippen molar-refractivity contribution in [3.05, 3.63) is 71.8 Å². The average molecular weight is 315 g/mol. The first-order valence-corrected chi connectivity index (χ1v) is 6.90.